The molecule has 1 rings (SSSR count). The van der Waals surface area contributed by atoms with Gasteiger partial charge in [-0.2, -0.15) is 0 Å². The van der Waals surface area contributed by atoms with Crippen molar-refractivity contribution in [3.8, 4) is 0 Å². The summed E-state index contributed by atoms with van der Waals surface area (Å²) in [6, 6.07) is 0.812. The van der Waals surface area contributed by atoms with Crippen LogP contribution in [-0.4, -0.2) is 12.6 Å². The van der Waals surface area contributed by atoms with Crippen molar-refractivity contribution in [2.45, 2.75) is 71.3 Å². The first-order valence-corrected chi connectivity index (χ1v) is 6.60. The molecule has 84 valence electrons. The molecule has 0 bridgehead atoms. The molecule has 1 aliphatic rings. The SMILES string of the molecule is CCCCCC(CCC1CC1)NCC. The molecule has 0 aliphatic heterocycles. The van der Waals surface area contributed by atoms with E-state index in [0.29, 0.717) is 0 Å². The molecule has 0 spiro atoms. The molecule has 1 unspecified atom stereocenters. The zero-order valence-electron chi connectivity index (χ0n) is 10.0. The molecular formula is C13H27N. The first kappa shape index (κ1) is 12.0. The third-order valence-corrected chi connectivity index (χ3v) is 3.27. The molecule has 1 heteroatoms. The highest BCUT2D eigenvalue weighted by molar-refractivity contribution is 4.76. The predicted octanol–water partition coefficient (Wildman–Crippen LogP) is 3.74. The van der Waals surface area contributed by atoms with Gasteiger partial charge in [0.15, 0.2) is 0 Å². The molecule has 1 N–H and O–H groups in total. The summed E-state index contributed by atoms with van der Waals surface area (Å²) in [5.74, 6) is 1.10. The monoisotopic (exact) mass is 197 g/mol. The molecule has 0 radical (unpaired) electrons. The Balaban J connectivity index is 2.02. The maximum absolute atomic E-state index is 3.62. The molecule has 0 heterocycles. The van der Waals surface area contributed by atoms with E-state index in [2.05, 4.69) is 19.2 Å². The third kappa shape index (κ3) is 5.64. The molecule has 14 heavy (non-hydrogen) atoms. The largest absolute Gasteiger partial charge is 0.314 e. The fourth-order valence-electron chi connectivity index (χ4n) is 2.12. The molecule has 0 aromatic rings. The van der Waals surface area contributed by atoms with E-state index in [9.17, 15) is 0 Å². The van der Waals surface area contributed by atoms with Crippen molar-refractivity contribution in [3.63, 3.8) is 0 Å². The van der Waals surface area contributed by atoms with Crippen LogP contribution in [-0.2, 0) is 0 Å². The number of unbranched alkanes of at least 4 members (excludes halogenated alkanes) is 2. The summed E-state index contributed by atoms with van der Waals surface area (Å²) in [4.78, 5) is 0. The van der Waals surface area contributed by atoms with Gasteiger partial charge >= 0.3 is 0 Å². The van der Waals surface area contributed by atoms with Crippen molar-refractivity contribution in [2.75, 3.05) is 6.54 Å². The van der Waals surface area contributed by atoms with Gasteiger partial charge in [0.2, 0.25) is 0 Å². The maximum atomic E-state index is 3.62. The minimum Gasteiger partial charge on any atom is -0.314 e. The molecular weight excluding hydrogens is 170 g/mol. The molecule has 0 aromatic heterocycles. The van der Waals surface area contributed by atoms with E-state index in [4.69, 9.17) is 0 Å². The van der Waals surface area contributed by atoms with Crippen molar-refractivity contribution < 1.29 is 0 Å². The second kappa shape index (κ2) is 7.28. The van der Waals surface area contributed by atoms with Crippen LogP contribution in [0.3, 0.4) is 0 Å². The van der Waals surface area contributed by atoms with Crippen LogP contribution >= 0.6 is 0 Å². The van der Waals surface area contributed by atoms with E-state index < -0.39 is 0 Å². The van der Waals surface area contributed by atoms with Crippen LogP contribution in [0.25, 0.3) is 0 Å². The highest BCUT2D eigenvalue weighted by atomic mass is 14.9. The van der Waals surface area contributed by atoms with Crippen molar-refractivity contribution in [2.24, 2.45) is 5.92 Å². The Bertz CT molecular complexity index is 129. The average molecular weight is 197 g/mol. The fraction of sp³-hybridized carbons (Fsp3) is 1.00. The summed E-state index contributed by atoms with van der Waals surface area (Å²) in [6.07, 6.45) is 11.5. The van der Waals surface area contributed by atoms with Crippen molar-refractivity contribution >= 4 is 0 Å². The van der Waals surface area contributed by atoms with Gasteiger partial charge in [0, 0.05) is 6.04 Å². The lowest BCUT2D eigenvalue weighted by Gasteiger charge is -2.17. The Morgan fingerprint density at radius 1 is 1.14 bits per heavy atom. The Labute approximate surface area is 89.7 Å². The first-order chi connectivity index (χ1) is 6.86. The van der Waals surface area contributed by atoms with Crippen LogP contribution in [0.1, 0.15) is 65.2 Å². The standard InChI is InChI=1S/C13H27N/c1-3-5-6-7-13(14-4-2)11-10-12-8-9-12/h12-14H,3-11H2,1-2H3. The lowest BCUT2D eigenvalue weighted by atomic mass is 10.0. The van der Waals surface area contributed by atoms with Gasteiger partial charge in [-0.3, -0.25) is 0 Å². The molecule has 0 amide bonds. The lowest BCUT2D eigenvalue weighted by molar-refractivity contribution is 0.424. The Morgan fingerprint density at radius 3 is 2.50 bits per heavy atom. The van der Waals surface area contributed by atoms with Crippen LogP contribution < -0.4 is 5.32 Å². The highest BCUT2D eigenvalue weighted by Crippen LogP contribution is 2.34. The maximum Gasteiger partial charge on any atom is 0.00670 e. The van der Waals surface area contributed by atoms with Crippen LogP contribution in [0.15, 0.2) is 0 Å². The number of hydrogen-bond donors (Lipinski definition) is 1. The molecule has 1 saturated carbocycles. The summed E-state index contributed by atoms with van der Waals surface area (Å²) in [5.41, 5.74) is 0. The summed E-state index contributed by atoms with van der Waals surface area (Å²) < 4.78 is 0. The quantitative estimate of drug-likeness (QED) is 0.555. The van der Waals surface area contributed by atoms with Gasteiger partial charge in [0.1, 0.15) is 0 Å². The van der Waals surface area contributed by atoms with Crippen molar-refractivity contribution in [3.05, 3.63) is 0 Å². The zero-order valence-corrected chi connectivity index (χ0v) is 10.0. The zero-order chi connectivity index (χ0) is 10.2. The lowest BCUT2D eigenvalue weighted by Crippen LogP contribution is -2.28. The van der Waals surface area contributed by atoms with Gasteiger partial charge < -0.3 is 5.32 Å². The van der Waals surface area contributed by atoms with Gasteiger partial charge in [-0.25, -0.2) is 0 Å². The van der Waals surface area contributed by atoms with Crippen molar-refractivity contribution in [1.29, 1.82) is 0 Å². The average Bonchev–Trinajstić information content (AvgIpc) is 2.98. The van der Waals surface area contributed by atoms with E-state index in [-0.39, 0.29) is 0 Å². The van der Waals surface area contributed by atoms with E-state index >= 15 is 0 Å². The van der Waals surface area contributed by atoms with Gasteiger partial charge in [0.05, 0.1) is 0 Å². The van der Waals surface area contributed by atoms with Crippen LogP contribution in [0.5, 0.6) is 0 Å². The normalized spacial score (nSPS) is 18.4. The van der Waals surface area contributed by atoms with E-state index in [0.717, 1.165) is 18.5 Å². The van der Waals surface area contributed by atoms with Gasteiger partial charge in [-0.1, -0.05) is 46.0 Å². The van der Waals surface area contributed by atoms with E-state index in [1.54, 1.807) is 0 Å². The molecule has 1 nitrogen and oxygen atoms in total. The first-order valence-electron chi connectivity index (χ1n) is 6.60. The molecule has 0 saturated heterocycles. The smallest absolute Gasteiger partial charge is 0.00670 e. The van der Waals surface area contributed by atoms with Gasteiger partial charge in [-0.05, 0) is 31.7 Å². The summed E-state index contributed by atoms with van der Waals surface area (Å²) >= 11 is 0. The Morgan fingerprint density at radius 2 is 1.93 bits per heavy atom. The van der Waals surface area contributed by atoms with Crippen LogP contribution in [0, 0.1) is 5.92 Å². The predicted molar refractivity (Wildman–Crippen MR) is 63.6 cm³/mol. The second-order valence-electron chi connectivity index (χ2n) is 4.77. The number of hydrogen-bond acceptors (Lipinski definition) is 1. The topological polar surface area (TPSA) is 12.0 Å². The van der Waals surface area contributed by atoms with Crippen LogP contribution in [0.4, 0.5) is 0 Å². The fourth-order valence-corrected chi connectivity index (χ4v) is 2.12. The van der Waals surface area contributed by atoms with Gasteiger partial charge in [0.25, 0.3) is 0 Å². The third-order valence-electron chi connectivity index (χ3n) is 3.27. The highest BCUT2D eigenvalue weighted by Gasteiger charge is 2.21. The summed E-state index contributed by atoms with van der Waals surface area (Å²) in [7, 11) is 0. The van der Waals surface area contributed by atoms with E-state index in [1.165, 1.54) is 51.4 Å². The van der Waals surface area contributed by atoms with E-state index in [1.807, 2.05) is 0 Å². The summed E-state index contributed by atoms with van der Waals surface area (Å²) in [6.45, 7) is 5.65. The minimum absolute atomic E-state index is 0.812. The summed E-state index contributed by atoms with van der Waals surface area (Å²) in [5, 5.41) is 3.62. The Hall–Kier alpha value is -0.0400. The van der Waals surface area contributed by atoms with Crippen molar-refractivity contribution in [1.82, 2.24) is 5.32 Å². The number of rotatable bonds is 9. The molecule has 1 fully saturated rings. The molecule has 1 atom stereocenters. The molecule has 1 aliphatic carbocycles. The van der Waals surface area contributed by atoms with Gasteiger partial charge in [-0.15, -0.1) is 0 Å². The Kier molecular flexibility index (Phi) is 6.25. The van der Waals surface area contributed by atoms with Crippen LogP contribution in [0.2, 0.25) is 0 Å². The molecule has 0 aromatic carbocycles. The second-order valence-corrected chi connectivity index (χ2v) is 4.77. The number of nitrogens with one attached hydrogen (secondary N) is 1. The minimum atomic E-state index is 0.812.